The molecule has 0 unspecified atom stereocenters. The van der Waals surface area contributed by atoms with Crippen molar-refractivity contribution in [1.82, 2.24) is 20.1 Å². The number of nitriles is 1. The Morgan fingerprint density at radius 2 is 2.14 bits per heavy atom. The molecule has 0 amide bonds. The van der Waals surface area contributed by atoms with Gasteiger partial charge in [-0.25, -0.2) is 9.67 Å². The lowest BCUT2D eigenvalue weighted by atomic mass is 10.1. The van der Waals surface area contributed by atoms with E-state index in [9.17, 15) is 13.2 Å². The van der Waals surface area contributed by atoms with E-state index in [4.69, 9.17) is 5.26 Å². The lowest BCUT2D eigenvalue weighted by Gasteiger charge is -2.14. The first-order valence-corrected chi connectivity index (χ1v) is 6.18. The van der Waals surface area contributed by atoms with Crippen LogP contribution < -0.4 is 5.32 Å². The lowest BCUT2D eigenvalue weighted by molar-refractivity contribution is -0.137. The summed E-state index contributed by atoms with van der Waals surface area (Å²) >= 11 is 0. The van der Waals surface area contributed by atoms with Crippen LogP contribution in [-0.2, 0) is 12.7 Å². The standard InChI is InChI=1S/C13H12F3N5/c1-2-18-7-9-3-4-11(10(5-9)13(14,15)16)21-8-19-12(6-17)20-21/h3-5,8,18H,2,7H2,1H3. The third-order valence-corrected chi connectivity index (χ3v) is 2.78. The summed E-state index contributed by atoms with van der Waals surface area (Å²) in [7, 11) is 0. The summed E-state index contributed by atoms with van der Waals surface area (Å²) in [6, 6.07) is 5.66. The second-order valence-corrected chi connectivity index (χ2v) is 4.25. The summed E-state index contributed by atoms with van der Waals surface area (Å²) in [5.74, 6) is -0.181. The molecule has 0 fully saturated rings. The average molecular weight is 295 g/mol. The van der Waals surface area contributed by atoms with E-state index in [1.165, 1.54) is 6.07 Å². The van der Waals surface area contributed by atoms with Gasteiger partial charge in [-0.1, -0.05) is 13.0 Å². The van der Waals surface area contributed by atoms with Crippen molar-refractivity contribution in [3.05, 3.63) is 41.5 Å². The number of alkyl halides is 3. The van der Waals surface area contributed by atoms with E-state index in [1.54, 1.807) is 12.1 Å². The van der Waals surface area contributed by atoms with Gasteiger partial charge in [0.15, 0.2) is 0 Å². The highest BCUT2D eigenvalue weighted by Crippen LogP contribution is 2.34. The molecule has 0 aliphatic rings. The average Bonchev–Trinajstić information content (AvgIpc) is 2.92. The van der Waals surface area contributed by atoms with Gasteiger partial charge < -0.3 is 5.32 Å². The van der Waals surface area contributed by atoms with Crippen molar-refractivity contribution in [2.24, 2.45) is 0 Å². The Balaban J connectivity index is 2.47. The highest BCUT2D eigenvalue weighted by Gasteiger charge is 2.34. The van der Waals surface area contributed by atoms with Crippen LogP contribution in [-0.4, -0.2) is 21.3 Å². The summed E-state index contributed by atoms with van der Waals surface area (Å²) in [6.45, 7) is 2.89. The molecule has 21 heavy (non-hydrogen) atoms. The van der Waals surface area contributed by atoms with Crippen LogP contribution in [0.2, 0.25) is 0 Å². The topological polar surface area (TPSA) is 66.5 Å². The SMILES string of the molecule is CCNCc1ccc(-n2cnc(C#N)n2)c(C(F)(F)F)c1. The first-order valence-electron chi connectivity index (χ1n) is 6.18. The first kappa shape index (κ1) is 15.0. The van der Waals surface area contributed by atoms with Gasteiger partial charge in [-0.3, -0.25) is 0 Å². The zero-order valence-corrected chi connectivity index (χ0v) is 11.1. The predicted molar refractivity (Wildman–Crippen MR) is 68.5 cm³/mol. The van der Waals surface area contributed by atoms with Crippen molar-refractivity contribution in [1.29, 1.82) is 5.26 Å². The van der Waals surface area contributed by atoms with Crippen LogP contribution in [0.3, 0.4) is 0 Å². The molecule has 1 heterocycles. The van der Waals surface area contributed by atoms with Gasteiger partial charge >= 0.3 is 6.18 Å². The van der Waals surface area contributed by atoms with Gasteiger partial charge in [-0.2, -0.15) is 18.4 Å². The fourth-order valence-corrected chi connectivity index (χ4v) is 1.82. The molecule has 1 N–H and O–H groups in total. The zero-order chi connectivity index (χ0) is 15.5. The van der Waals surface area contributed by atoms with E-state index >= 15 is 0 Å². The minimum Gasteiger partial charge on any atom is -0.313 e. The number of nitrogens with one attached hydrogen (secondary N) is 1. The highest BCUT2D eigenvalue weighted by molar-refractivity contribution is 5.44. The number of hydrogen-bond acceptors (Lipinski definition) is 4. The van der Waals surface area contributed by atoms with E-state index in [1.807, 2.05) is 6.92 Å². The molecule has 2 rings (SSSR count). The van der Waals surface area contributed by atoms with Gasteiger partial charge in [0.2, 0.25) is 0 Å². The summed E-state index contributed by atoms with van der Waals surface area (Å²) in [5, 5.41) is 15.3. The third kappa shape index (κ3) is 3.38. The van der Waals surface area contributed by atoms with E-state index in [0.29, 0.717) is 18.7 Å². The van der Waals surface area contributed by atoms with Crippen LogP contribution in [0.5, 0.6) is 0 Å². The number of nitrogens with zero attached hydrogens (tertiary/aromatic N) is 4. The molecule has 0 bridgehead atoms. The summed E-state index contributed by atoms with van der Waals surface area (Å²) in [4.78, 5) is 3.62. The minimum atomic E-state index is -4.52. The van der Waals surface area contributed by atoms with Crippen molar-refractivity contribution in [2.75, 3.05) is 6.54 Å². The van der Waals surface area contributed by atoms with Gasteiger partial charge in [0, 0.05) is 6.54 Å². The van der Waals surface area contributed by atoms with Crippen LogP contribution in [0.25, 0.3) is 5.69 Å². The van der Waals surface area contributed by atoms with Crippen LogP contribution in [0, 0.1) is 11.3 Å². The van der Waals surface area contributed by atoms with Gasteiger partial charge in [0.1, 0.15) is 12.4 Å². The molecule has 0 radical (unpaired) electrons. The number of halogens is 3. The Morgan fingerprint density at radius 3 is 2.71 bits per heavy atom. The summed E-state index contributed by atoms with van der Waals surface area (Å²) in [6.07, 6.45) is -3.43. The normalized spacial score (nSPS) is 11.4. The number of benzene rings is 1. The fourth-order valence-electron chi connectivity index (χ4n) is 1.82. The van der Waals surface area contributed by atoms with Crippen LogP contribution in [0.15, 0.2) is 24.5 Å². The van der Waals surface area contributed by atoms with Gasteiger partial charge in [0.05, 0.1) is 11.3 Å². The molecule has 1 aromatic carbocycles. The van der Waals surface area contributed by atoms with Crippen molar-refractivity contribution >= 4 is 0 Å². The molecule has 8 heteroatoms. The van der Waals surface area contributed by atoms with Crippen LogP contribution in [0.4, 0.5) is 13.2 Å². The molecule has 1 aromatic heterocycles. The number of hydrogen-bond donors (Lipinski definition) is 1. The van der Waals surface area contributed by atoms with Gasteiger partial charge in [-0.15, -0.1) is 5.10 Å². The molecule has 110 valence electrons. The van der Waals surface area contributed by atoms with Crippen molar-refractivity contribution < 1.29 is 13.2 Å². The van der Waals surface area contributed by atoms with Crippen molar-refractivity contribution in [3.8, 4) is 11.8 Å². The van der Waals surface area contributed by atoms with Crippen LogP contribution >= 0.6 is 0 Å². The molecule has 0 spiro atoms. The Hall–Kier alpha value is -2.40. The van der Waals surface area contributed by atoms with E-state index < -0.39 is 11.7 Å². The van der Waals surface area contributed by atoms with Gasteiger partial charge in [-0.05, 0) is 24.2 Å². The third-order valence-electron chi connectivity index (χ3n) is 2.78. The zero-order valence-electron chi connectivity index (χ0n) is 11.1. The molecule has 0 saturated heterocycles. The Labute approximate surface area is 119 Å². The molecule has 0 atom stereocenters. The Morgan fingerprint density at radius 1 is 1.38 bits per heavy atom. The van der Waals surface area contributed by atoms with E-state index in [2.05, 4.69) is 15.4 Å². The van der Waals surface area contributed by atoms with Crippen LogP contribution in [0.1, 0.15) is 23.9 Å². The van der Waals surface area contributed by atoms with E-state index in [-0.39, 0.29) is 11.5 Å². The first-order chi connectivity index (χ1) is 9.95. The second-order valence-electron chi connectivity index (χ2n) is 4.25. The highest BCUT2D eigenvalue weighted by atomic mass is 19.4. The van der Waals surface area contributed by atoms with Crippen molar-refractivity contribution in [2.45, 2.75) is 19.6 Å². The number of rotatable bonds is 4. The maximum atomic E-state index is 13.2. The van der Waals surface area contributed by atoms with Crippen molar-refractivity contribution in [3.63, 3.8) is 0 Å². The van der Waals surface area contributed by atoms with E-state index in [0.717, 1.165) is 17.1 Å². The maximum Gasteiger partial charge on any atom is 0.418 e. The summed E-state index contributed by atoms with van der Waals surface area (Å²) < 4.78 is 40.5. The Kier molecular flexibility index (Phi) is 4.23. The molecule has 0 saturated carbocycles. The molecule has 0 aliphatic heterocycles. The molecular weight excluding hydrogens is 283 g/mol. The molecular formula is C13H12F3N5. The fraction of sp³-hybridized carbons (Fsp3) is 0.308. The maximum absolute atomic E-state index is 13.2. The summed E-state index contributed by atoms with van der Waals surface area (Å²) in [5.41, 5.74) is -0.447. The minimum absolute atomic E-state index is 0.156. The monoisotopic (exact) mass is 295 g/mol. The predicted octanol–water partition coefficient (Wildman–Crippen LogP) is 2.27. The quantitative estimate of drug-likeness (QED) is 0.939. The smallest absolute Gasteiger partial charge is 0.313 e. The second kappa shape index (κ2) is 5.93. The Bertz CT molecular complexity index is 669. The lowest BCUT2D eigenvalue weighted by Crippen LogP contribution is -2.15. The van der Waals surface area contributed by atoms with Gasteiger partial charge in [0.25, 0.3) is 5.82 Å². The molecule has 2 aromatic rings. The molecule has 0 aliphatic carbocycles. The largest absolute Gasteiger partial charge is 0.418 e. The molecule has 5 nitrogen and oxygen atoms in total. The number of aromatic nitrogens is 3.